The molecular formula is C14H15N3O3S. The second-order valence-electron chi connectivity index (χ2n) is 4.01. The van der Waals surface area contributed by atoms with Gasteiger partial charge in [-0.15, -0.1) is 0 Å². The van der Waals surface area contributed by atoms with Crippen LogP contribution in [-0.4, -0.2) is 33.9 Å². The van der Waals surface area contributed by atoms with E-state index >= 15 is 0 Å². The summed E-state index contributed by atoms with van der Waals surface area (Å²) in [6.07, 6.45) is 3.28. The molecule has 2 rings (SSSR count). The van der Waals surface area contributed by atoms with Crippen LogP contribution in [0.15, 0.2) is 35.6 Å². The molecule has 1 aromatic carbocycles. The van der Waals surface area contributed by atoms with Crippen molar-refractivity contribution in [2.75, 3.05) is 18.2 Å². The van der Waals surface area contributed by atoms with Gasteiger partial charge in [-0.2, -0.15) is 0 Å². The van der Waals surface area contributed by atoms with Crippen molar-refractivity contribution in [1.82, 2.24) is 9.97 Å². The van der Waals surface area contributed by atoms with Crippen LogP contribution in [0.25, 0.3) is 0 Å². The first-order valence-electron chi connectivity index (χ1n) is 6.28. The van der Waals surface area contributed by atoms with E-state index in [4.69, 9.17) is 4.74 Å². The van der Waals surface area contributed by atoms with Gasteiger partial charge >= 0.3 is 5.97 Å². The van der Waals surface area contributed by atoms with E-state index in [1.54, 1.807) is 25.1 Å². The van der Waals surface area contributed by atoms with Crippen LogP contribution in [0.5, 0.6) is 5.75 Å². The SMILES string of the molecule is CCOC(=O)c1cnc(SC)nc1Nc1cccc(O)c1. The highest BCUT2D eigenvalue weighted by molar-refractivity contribution is 7.98. The number of benzene rings is 1. The van der Waals surface area contributed by atoms with Gasteiger partial charge in [0.2, 0.25) is 0 Å². The van der Waals surface area contributed by atoms with Gasteiger partial charge in [-0.05, 0) is 25.3 Å². The Morgan fingerprint density at radius 3 is 2.95 bits per heavy atom. The fourth-order valence-corrected chi connectivity index (χ4v) is 1.98. The molecule has 0 bridgehead atoms. The smallest absolute Gasteiger partial charge is 0.343 e. The van der Waals surface area contributed by atoms with E-state index in [1.165, 1.54) is 24.0 Å². The number of rotatable bonds is 5. The average Bonchev–Trinajstić information content (AvgIpc) is 2.47. The minimum atomic E-state index is -0.493. The average molecular weight is 305 g/mol. The van der Waals surface area contributed by atoms with E-state index in [0.29, 0.717) is 16.7 Å². The predicted octanol–water partition coefficient (Wildman–Crippen LogP) is 2.82. The summed E-state index contributed by atoms with van der Waals surface area (Å²) in [6, 6.07) is 6.55. The fraction of sp³-hybridized carbons (Fsp3) is 0.214. The fourth-order valence-electron chi connectivity index (χ4n) is 1.64. The van der Waals surface area contributed by atoms with Gasteiger partial charge in [-0.25, -0.2) is 14.8 Å². The summed E-state index contributed by atoms with van der Waals surface area (Å²) in [5.41, 5.74) is 0.865. The molecule has 21 heavy (non-hydrogen) atoms. The lowest BCUT2D eigenvalue weighted by Gasteiger charge is -2.11. The van der Waals surface area contributed by atoms with Gasteiger partial charge in [0, 0.05) is 18.0 Å². The standard InChI is InChI=1S/C14H15N3O3S/c1-3-20-13(19)11-8-15-14(21-2)17-12(11)16-9-5-4-6-10(18)7-9/h4-8,18H,3H2,1-2H3,(H,15,16,17). The summed E-state index contributed by atoms with van der Waals surface area (Å²) in [7, 11) is 0. The molecule has 0 saturated heterocycles. The van der Waals surface area contributed by atoms with Crippen molar-refractivity contribution < 1.29 is 14.6 Å². The number of hydrogen-bond donors (Lipinski definition) is 2. The number of thioether (sulfide) groups is 1. The van der Waals surface area contributed by atoms with Crippen molar-refractivity contribution in [3.05, 3.63) is 36.0 Å². The Bertz CT molecular complexity index is 649. The molecule has 6 nitrogen and oxygen atoms in total. The van der Waals surface area contributed by atoms with Gasteiger partial charge < -0.3 is 15.2 Å². The number of carbonyl (C=O) groups excluding carboxylic acids is 1. The van der Waals surface area contributed by atoms with Crippen molar-refractivity contribution in [1.29, 1.82) is 0 Å². The van der Waals surface area contributed by atoms with Gasteiger partial charge in [-0.3, -0.25) is 0 Å². The van der Waals surface area contributed by atoms with E-state index in [9.17, 15) is 9.90 Å². The molecule has 0 atom stereocenters. The van der Waals surface area contributed by atoms with E-state index in [0.717, 1.165) is 0 Å². The molecule has 2 N–H and O–H groups in total. The zero-order valence-electron chi connectivity index (χ0n) is 11.7. The lowest BCUT2D eigenvalue weighted by Crippen LogP contribution is -2.10. The monoisotopic (exact) mass is 305 g/mol. The topological polar surface area (TPSA) is 84.3 Å². The molecule has 0 aliphatic heterocycles. The van der Waals surface area contributed by atoms with Crippen molar-refractivity contribution in [3.8, 4) is 5.75 Å². The minimum absolute atomic E-state index is 0.122. The van der Waals surface area contributed by atoms with Gasteiger partial charge in [0.15, 0.2) is 5.16 Å². The number of phenolic OH excluding ortho intramolecular Hbond substituents is 1. The number of aromatic nitrogens is 2. The Hall–Kier alpha value is -2.28. The Labute approximate surface area is 126 Å². The van der Waals surface area contributed by atoms with E-state index in [2.05, 4.69) is 15.3 Å². The number of ether oxygens (including phenoxy) is 1. The second-order valence-corrected chi connectivity index (χ2v) is 4.79. The highest BCUT2D eigenvalue weighted by Gasteiger charge is 2.16. The Morgan fingerprint density at radius 2 is 2.29 bits per heavy atom. The Balaban J connectivity index is 2.37. The maximum absolute atomic E-state index is 11.9. The summed E-state index contributed by atoms with van der Waals surface area (Å²) >= 11 is 1.37. The lowest BCUT2D eigenvalue weighted by atomic mass is 10.2. The summed E-state index contributed by atoms with van der Waals surface area (Å²) < 4.78 is 4.99. The quantitative estimate of drug-likeness (QED) is 0.499. The van der Waals surface area contributed by atoms with Crippen LogP contribution in [0, 0.1) is 0 Å². The summed E-state index contributed by atoms with van der Waals surface area (Å²) in [4.78, 5) is 20.3. The number of hydrogen-bond acceptors (Lipinski definition) is 7. The number of nitrogens with zero attached hydrogens (tertiary/aromatic N) is 2. The third-order valence-corrected chi connectivity index (χ3v) is 3.12. The molecule has 0 unspecified atom stereocenters. The van der Waals surface area contributed by atoms with Crippen LogP contribution in [0.3, 0.4) is 0 Å². The Morgan fingerprint density at radius 1 is 1.48 bits per heavy atom. The van der Waals surface area contributed by atoms with Crippen molar-refractivity contribution in [3.63, 3.8) is 0 Å². The maximum atomic E-state index is 11.9. The molecule has 1 heterocycles. The second kappa shape index (κ2) is 6.94. The molecule has 2 aromatic rings. The third-order valence-electron chi connectivity index (χ3n) is 2.55. The molecule has 0 spiro atoms. The van der Waals surface area contributed by atoms with Gasteiger partial charge in [0.1, 0.15) is 17.1 Å². The molecule has 0 amide bonds. The Kier molecular flexibility index (Phi) is 4.99. The molecule has 0 aliphatic carbocycles. The summed E-state index contributed by atoms with van der Waals surface area (Å²) in [6.45, 7) is 2.01. The van der Waals surface area contributed by atoms with Crippen LogP contribution in [0.2, 0.25) is 0 Å². The number of aromatic hydroxyl groups is 1. The van der Waals surface area contributed by atoms with E-state index < -0.39 is 5.97 Å². The summed E-state index contributed by atoms with van der Waals surface area (Å²) in [5.74, 6) is -0.0250. The first-order valence-corrected chi connectivity index (χ1v) is 7.50. The normalized spacial score (nSPS) is 10.2. The molecule has 0 radical (unpaired) electrons. The third kappa shape index (κ3) is 3.85. The minimum Gasteiger partial charge on any atom is -0.508 e. The highest BCUT2D eigenvalue weighted by Crippen LogP contribution is 2.23. The number of carbonyl (C=O) groups is 1. The molecule has 7 heteroatoms. The van der Waals surface area contributed by atoms with E-state index in [1.807, 2.05) is 6.26 Å². The van der Waals surface area contributed by atoms with Gasteiger partial charge in [-0.1, -0.05) is 17.8 Å². The molecule has 1 aromatic heterocycles. The van der Waals surface area contributed by atoms with Gasteiger partial charge in [0.25, 0.3) is 0 Å². The van der Waals surface area contributed by atoms with Crippen LogP contribution in [0.4, 0.5) is 11.5 Å². The predicted molar refractivity (Wildman–Crippen MR) is 81.2 cm³/mol. The molecule has 0 fully saturated rings. The zero-order chi connectivity index (χ0) is 15.2. The van der Waals surface area contributed by atoms with Crippen molar-refractivity contribution in [2.45, 2.75) is 12.1 Å². The lowest BCUT2D eigenvalue weighted by molar-refractivity contribution is 0.0526. The first-order chi connectivity index (χ1) is 10.1. The number of anilines is 2. The van der Waals surface area contributed by atoms with Crippen LogP contribution in [0.1, 0.15) is 17.3 Å². The number of phenols is 1. The molecule has 0 aliphatic rings. The first kappa shape index (κ1) is 15.1. The highest BCUT2D eigenvalue weighted by atomic mass is 32.2. The number of nitrogens with one attached hydrogen (secondary N) is 1. The van der Waals surface area contributed by atoms with Crippen LogP contribution >= 0.6 is 11.8 Å². The van der Waals surface area contributed by atoms with Crippen LogP contribution < -0.4 is 5.32 Å². The van der Waals surface area contributed by atoms with Crippen LogP contribution in [-0.2, 0) is 4.74 Å². The molecular weight excluding hydrogens is 290 g/mol. The van der Waals surface area contributed by atoms with Gasteiger partial charge in [0.05, 0.1) is 6.61 Å². The van der Waals surface area contributed by atoms with Crippen molar-refractivity contribution in [2.24, 2.45) is 0 Å². The van der Waals surface area contributed by atoms with E-state index in [-0.39, 0.29) is 17.9 Å². The number of esters is 1. The summed E-state index contributed by atoms with van der Waals surface area (Å²) in [5, 5.41) is 13.0. The maximum Gasteiger partial charge on any atom is 0.343 e. The zero-order valence-corrected chi connectivity index (χ0v) is 12.5. The van der Waals surface area contributed by atoms with Crippen molar-refractivity contribution >= 4 is 29.2 Å². The molecule has 0 saturated carbocycles. The largest absolute Gasteiger partial charge is 0.508 e. The molecule has 110 valence electrons.